The van der Waals surface area contributed by atoms with E-state index in [1.165, 1.54) is 43.5 Å². The minimum Gasteiger partial charge on any atom is -0.497 e. The summed E-state index contributed by atoms with van der Waals surface area (Å²) in [7, 11) is 1.44. The molecule has 1 amide bonds. The zero-order valence-electron chi connectivity index (χ0n) is 19.8. The second-order valence-electron chi connectivity index (χ2n) is 7.87. The van der Waals surface area contributed by atoms with Gasteiger partial charge in [0.05, 0.1) is 12.5 Å². The Morgan fingerprint density at radius 3 is 2.32 bits per heavy atom. The van der Waals surface area contributed by atoms with Gasteiger partial charge >= 0.3 is 6.18 Å². The second-order valence-corrected chi connectivity index (χ2v) is 7.87. The normalized spacial score (nSPS) is 11.3. The van der Waals surface area contributed by atoms with E-state index < -0.39 is 35.6 Å². The van der Waals surface area contributed by atoms with Gasteiger partial charge in [0.2, 0.25) is 11.2 Å². The lowest BCUT2D eigenvalue weighted by Crippen LogP contribution is -2.21. The van der Waals surface area contributed by atoms with Crippen molar-refractivity contribution in [3.05, 3.63) is 88.3 Å². The van der Waals surface area contributed by atoms with Gasteiger partial charge in [-0.05, 0) is 54.4 Å². The third kappa shape index (κ3) is 5.85. The van der Waals surface area contributed by atoms with Gasteiger partial charge in [-0.25, -0.2) is 0 Å². The van der Waals surface area contributed by atoms with E-state index in [2.05, 4.69) is 5.32 Å². The average Bonchev–Trinajstić information content (AvgIpc) is 2.89. The van der Waals surface area contributed by atoms with Crippen molar-refractivity contribution in [1.82, 2.24) is 0 Å². The van der Waals surface area contributed by atoms with E-state index in [4.69, 9.17) is 18.6 Å². The van der Waals surface area contributed by atoms with Crippen molar-refractivity contribution in [3.8, 4) is 23.0 Å². The van der Waals surface area contributed by atoms with Crippen LogP contribution in [0.1, 0.15) is 18.2 Å². The van der Waals surface area contributed by atoms with Crippen molar-refractivity contribution in [2.24, 2.45) is 0 Å². The monoisotopic (exact) mass is 513 g/mol. The van der Waals surface area contributed by atoms with Crippen LogP contribution < -0.4 is 25.0 Å². The Labute approximate surface area is 209 Å². The Morgan fingerprint density at radius 1 is 0.973 bits per heavy atom. The number of amides is 1. The van der Waals surface area contributed by atoms with Gasteiger partial charge in [0.15, 0.2) is 6.61 Å². The van der Waals surface area contributed by atoms with Crippen molar-refractivity contribution in [3.63, 3.8) is 0 Å². The SMILES string of the molecule is CCc1ccccc1NC(=O)COc1ccc2c(=O)c(Oc3ccc(OC)cc3)c(C(F)(F)F)oc2c1. The van der Waals surface area contributed by atoms with Crippen LogP contribution in [0.25, 0.3) is 11.0 Å². The smallest absolute Gasteiger partial charge is 0.453 e. The van der Waals surface area contributed by atoms with Crippen LogP contribution in [0.3, 0.4) is 0 Å². The number of halogens is 3. The standard InChI is InChI=1S/C27H22F3NO6/c1-3-16-6-4-5-7-21(16)31-23(32)15-35-19-12-13-20-22(14-19)37-26(27(28,29)30)25(24(20)33)36-18-10-8-17(34-2)9-11-18/h4-14H,3,15H2,1-2H3,(H,31,32). The maximum atomic E-state index is 13.8. The zero-order chi connectivity index (χ0) is 26.6. The fraction of sp³-hybridized carbons (Fsp3) is 0.185. The molecule has 0 spiro atoms. The molecule has 0 radical (unpaired) electrons. The highest BCUT2D eigenvalue weighted by Gasteiger charge is 2.40. The van der Waals surface area contributed by atoms with E-state index in [-0.39, 0.29) is 22.5 Å². The molecular formula is C27H22F3NO6. The minimum absolute atomic E-state index is 0.00596. The summed E-state index contributed by atoms with van der Waals surface area (Å²) in [5.74, 6) is -2.54. The van der Waals surface area contributed by atoms with Crippen molar-refractivity contribution in [2.75, 3.05) is 19.0 Å². The van der Waals surface area contributed by atoms with Gasteiger partial charge in [0.1, 0.15) is 22.8 Å². The fourth-order valence-electron chi connectivity index (χ4n) is 3.57. The molecule has 0 saturated heterocycles. The van der Waals surface area contributed by atoms with E-state index >= 15 is 0 Å². The molecule has 0 unspecified atom stereocenters. The first-order chi connectivity index (χ1) is 17.7. The fourth-order valence-corrected chi connectivity index (χ4v) is 3.57. The molecule has 1 heterocycles. The van der Waals surface area contributed by atoms with Gasteiger partial charge in [-0.15, -0.1) is 0 Å². The quantitative estimate of drug-likeness (QED) is 0.302. The third-order valence-corrected chi connectivity index (χ3v) is 5.40. The number of anilines is 1. The van der Waals surface area contributed by atoms with Gasteiger partial charge in [-0.2, -0.15) is 13.2 Å². The number of carbonyl (C=O) groups is 1. The van der Waals surface area contributed by atoms with Gasteiger partial charge < -0.3 is 23.9 Å². The summed E-state index contributed by atoms with van der Waals surface area (Å²) in [4.78, 5) is 25.3. The predicted octanol–water partition coefficient (Wildman–Crippen LogP) is 6.19. The lowest BCUT2D eigenvalue weighted by Gasteiger charge is -2.14. The molecule has 1 aromatic heterocycles. The Kier molecular flexibility index (Phi) is 7.37. The van der Waals surface area contributed by atoms with Crippen LogP contribution in [0.5, 0.6) is 23.0 Å². The van der Waals surface area contributed by atoms with Gasteiger partial charge in [0.25, 0.3) is 11.7 Å². The van der Waals surface area contributed by atoms with Gasteiger partial charge in [-0.3, -0.25) is 9.59 Å². The summed E-state index contributed by atoms with van der Waals surface area (Å²) in [6, 6.07) is 16.7. The number of carbonyl (C=O) groups excluding carboxylic acids is 1. The number of ether oxygens (including phenoxy) is 3. The summed E-state index contributed by atoms with van der Waals surface area (Å²) in [6.45, 7) is 1.55. The van der Waals surface area contributed by atoms with Crippen molar-refractivity contribution in [1.29, 1.82) is 0 Å². The summed E-state index contributed by atoms with van der Waals surface area (Å²) >= 11 is 0. The number of hydrogen-bond acceptors (Lipinski definition) is 6. The molecule has 0 bridgehead atoms. The Bertz CT molecular complexity index is 1480. The number of alkyl halides is 3. The number of methoxy groups -OCH3 is 1. The molecule has 4 rings (SSSR count). The molecule has 4 aromatic rings. The second kappa shape index (κ2) is 10.7. The van der Waals surface area contributed by atoms with Crippen LogP contribution in [0.4, 0.5) is 18.9 Å². The molecule has 0 saturated carbocycles. The maximum Gasteiger partial charge on any atom is 0.453 e. The van der Waals surface area contributed by atoms with E-state index in [9.17, 15) is 22.8 Å². The topological polar surface area (TPSA) is 87.0 Å². The first-order valence-corrected chi connectivity index (χ1v) is 11.2. The van der Waals surface area contributed by atoms with Crippen LogP contribution in [-0.4, -0.2) is 19.6 Å². The molecule has 1 N–H and O–H groups in total. The number of para-hydroxylation sites is 1. The van der Waals surface area contributed by atoms with E-state index in [0.717, 1.165) is 11.6 Å². The van der Waals surface area contributed by atoms with Crippen LogP contribution in [-0.2, 0) is 17.4 Å². The molecule has 0 aliphatic heterocycles. The molecule has 3 aromatic carbocycles. The molecule has 10 heteroatoms. The predicted molar refractivity (Wildman–Crippen MR) is 130 cm³/mol. The largest absolute Gasteiger partial charge is 0.497 e. The molecule has 0 atom stereocenters. The van der Waals surface area contributed by atoms with Crippen LogP contribution in [0.15, 0.2) is 75.9 Å². The third-order valence-electron chi connectivity index (χ3n) is 5.40. The zero-order valence-corrected chi connectivity index (χ0v) is 19.8. The molecule has 37 heavy (non-hydrogen) atoms. The Hall–Kier alpha value is -4.47. The highest BCUT2D eigenvalue weighted by molar-refractivity contribution is 5.92. The number of aryl methyl sites for hydroxylation is 1. The first kappa shape index (κ1) is 25.6. The van der Waals surface area contributed by atoms with Crippen molar-refractivity contribution >= 4 is 22.6 Å². The van der Waals surface area contributed by atoms with E-state index in [1.54, 1.807) is 12.1 Å². The number of nitrogens with one attached hydrogen (secondary N) is 1. The lowest BCUT2D eigenvalue weighted by molar-refractivity contribution is -0.154. The summed E-state index contributed by atoms with van der Waals surface area (Å²) in [5.41, 5.74) is 0.205. The molecule has 0 aliphatic carbocycles. The van der Waals surface area contributed by atoms with Crippen molar-refractivity contribution in [2.45, 2.75) is 19.5 Å². The van der Waals surface area contributed by atoms with Crippen LogP contribution in [0.2, 0.25) is 0 Å². The van der Waals surface area contributed by atoms with E-state index in [0.29, 0.717) is 17.9 Å². The molecule has 192 valence electrons. The summed E-state index contributed by atoms with van der Waals surface area (Å²) < 4.78 is 62.2. The first-order valence-electron chi connectivity index (χ1n) is 11.2. The maximum absolute atomic E-state index is 13.8. The van der Waals surface area contributed by atoms with Crippen LogP contribution in [0, 0.1) is 0 Å². The van der Waals surface area contributed by atoms with Crippen LogP contribution >= 0.6 is 0 Å². The number of rotatable bonds is 8. The lowest BCUT2D eigenvalue weighted by atomic mass is 10.1. The molecule has 7 nitrogen and oxygen atoms in total. The number of hydrogen-bond donors (Lipinski definition) is 1. The minimum atomic E-state index is -5.02. The number of fused-ring (bicyclic) bond motifs is 1. The molecule has 0 aliphatic rings. The summed E-state index contributed by atoms with van der Waals surface area (Å²) in [6.07, 6.45) is -4.30. The van der Waals surface area contributed by atoms with E-state index in [1.807, 2.05) is 19.1 Å². The number of benzene rings is 3. The highest BCUT2D eigenvalue weighted by atomic mass is 19.4. The Morgan fingerprint density at radius 2 is 1.65 bits per heavy atom. The van der Waals surface area contributed by atoms with Gasteiger partial charge in [-0.1, -0.05) is 25.1 Å². The molecular weight excluding hydrogens is 491 g/mol. The Balaban J connectivity index is 1.59. The highest BCUT2D eigenvalue weighted by Crippen LogP contribution is 2.38. The average molecular weight is 513 g/mol. The van der Waals surface area contributed by atoms with Gasteiger partial charge in [0, 0.05) is 11.8 Å². The summed E-state index contributed by atoms with van der Waals surface area (Å²) in [5, 5.41) is 2.59. The molecule has 0 fully saturated rings. The van der Waals surface area contributed by atoms with Crippen molar-refractivity contribution < 1.29 is 36.6 Å².